The number of amides is 1. The molecule has 2 atom stereocenters. The fourth-order valence-electron chi connectivity index (χ4n) is 2.26. The topological polar surface area (TPSA) is 42.0 Å². The summed E-state index contributed by atoms with van der Waals surface area (Å²) >= 11 is 3.29. The Bertz CT molecular complexity index is 645. The standard InChI is InChI=1S/C15H12BrFN2O/c16-10-4-5-14(18-8-10)19-15(20)13-7-12(13)9-2-1-3-11(17)6-9/h1-6,8,12-13H,7H2,(H,18,19,20)/t12-,13+/m0/s1. The van der Waals surface area contributed by atoms with Crippen molar-refractivity contribution in [2.75, 3.05) is 5.32 Å². The normalized spacial score (nSPS) is 20.5. The molecule has 102 valence electrons. The Kier molecular flexibility index (Phi) is 3.53. The number of hydrogen-bond acceptors (Lipinski definition) is 2. The van der Waals surface area contributed by atoms with Gasteiger partial charge in [0.25, 0.3) is 0 Å². The third-order valence-electron chi connectivity index (χ3n) is 3.38. The highest BCUT2D eigenvalue weighted by Crippen LogP contribution is 2.48. The maximum atomic E-state index is 13.2. The van der Waals surface area contributed by atoms with Crippen LogP contribution in [0.1, 0.15) is 17.9 Å². The zero-order valence-electron chi connectivity index (χ0n) is 10.5. The van der Waals surface area contributed by atoms with E-state index in [1.807, 2.05) is 12.1 Å². The van der Waals surface area contributed by atoms with Crippen LogP contribution in [0.15, 0.2) is 47.1 Å². The van der Waals surface area contributed by atoms with Gasteiger partial charge in [-0.1, -0.05) is 12.1 Å². The van der Waals surface area contributed by atoms with E-state index in [4.69, 9.17) is 0 Å². The molecule has 0 bridgehead atoms. The molecule has 1 fully saturated rings. The molecule has 1 aliphatic carbocycles. The number of nitrogens with zero attached hydrogens (tertiary/aromatic N) is 1. The van der Waals surface area contributed by atoms with E-state index in [0.717, 1.165) is 16.5 Å². The number of nitrogens with one attached hydrogen (secondary N) is 1. The van der Waals surface area contributed by atoms with E-state index < -0.39 is 0 Å². The van der Waals surface area contributed by atoms with Crippen LogP contribution < -0.4 is 5.32 Å². The first-order chi connectivity index (χ1) is 9.63. The third kappa shape index (κ3) is 2.88. The molecular formula is C15H12BrFN2O. The van der Waals surface area contributed by atoms with Gasteiger partial charge in [0.15, 0.2) is 0 Å². The van der Waals surface area contributed by atoms with Crippen molar-refractivity contribution in [3.8, 4) is 0 Å². The van der Waals surface area contributed by atoms with Gasteiger partial charge in [-0.25, -0.2) is 9.37 Å². The highest BCUT2D eigenvalue weighted by molar-refractivity contribution is 9.10. The summed E-state index contributed by atoms with van der Waals surface area (Å²) in [4.78, 5) is 16.2. The van der Waals surface area contributed by atoms with Gasteiger partial charge in [-0.3, -0.25) is 4.79 Å². The molecule has 5 heteroatoms. The van der Waals surface area contributed by atoms with Crippen LogP contribution in [0.5, 0.6) is 0 Å². The smallest absolute Gasteiger partial charge is 0.229 e. The Balaban J connectivity index is 1.64. The SMILES string of the molecule is O=C(Nc1ccc(Br)cn1)[C@@H]1C[C@H]1c1cccc(F)c1. The minimum absolute atomic E-state index is 0.0610. The lowest BCUT2D eigenvalue weighted by atomic mass is 10.1. The van der Waals surface area contributed by atoms with Gasteiger partial charge in [0, 0.05) is 16.6 Å². The average Bonchev–Trinajstić information content (AvgIpc) is 3.22. The lowest BCUT2D eigenvalue weighted by molar-refractivity contribution is -0.117. The second-order valence-corrected chi connectivity index (χ2v) is 5.77. The molecule has 0 saturated heterocycles. The zero-order valence-corrected chi connectivity index (χ0v) is 12.1. The van der Waals surface area contributed by atoms with Crippen molar-refractivity contribution in [1.82, 2.24) is 4.98 Å². The average molecular weight is 335 g/mol. The van der Waals surface area contributed by atoms with Crippen molar-refractivity contribution in [3.63, 3.8) is 0 Å². The molecule has 1 amide bonds. The molecule has 3 nitrogen and oxygen atoms in total. The number of rotatable bonds is 3. The summed E-state index contributed by atoms with van der Waals surface area (Å²) in [6, 6.07) is 10.00. The summed E-state index contributed by atoms with van der Waals surface area (Å²) in [5.74, 6) is 0.226. The summed E-state index contributed by atoms with van der Waals surface area (Å²) in [7, 11) is 0. The minimum atomic E-state index is -0.261. The van der Waals surface area contributed by atoms with Gasteiger partial charge in [0.1, 0.15) is 11.6 Å². The second-order valence-electron chi connectivity index (χ2n) is 4.85. The molecule has 1 heterocycles. The van der Waals surface area contributed by atoms with Crippen molar-refractivity contribution < 1.29 is 9.18 Å². The van der Waals surface area contributed by atoms with Gasteiger partial charge in [0.05, 0.1) is 0 Å². The van der Waals surface area contributed by atoms with Crippen LogP contribution in [-0.2, 0) is 4.79 Å². The van der Waals surface area contributed by atoms with Crippen LogP contribution >= 0.6 is 15.9 Å². The maximum Gasteiger partial charge on any atom is 0.229 e. The fourth-order valence-corrected chi connectivity index (χ4v) is 2.49. The highest BCUT2D eigenvalue weighted by Gasteiger charge is 2.44. The van der Waals surface area contributed by atoms with Gasteiger partial charge in [0.2, 0.25) is 5.91 Å². The van der Waals surface area contributed by atoms with E-state index in [-0.39, 0.29) is 23.6 Å². The summed E-state index contributed by atoms with van der Waals surface area (Å²) in [5.41, 5.74) is 0.883. The quantitative estimate of drug-likeness (QED) is 0.929. The van der Waals surface area contributed by atoms with Crippen molar-refractivity contribution in [3.05, 3.63) is 58.4 Å². The van der Waals surface area contributed by atoms with Gasteiger partial charge in [-0.05, 0) is 58.1 Å². The summed E-state index contributed by atoms with van der Waals surface area (Å²) in [6.45, 7) is 0. The number of anilines is 1. The van der Waals surface area contributed by atoms with E-state index in [1.54, 1.807) is 18.3 Å². The van der Waals surface area contributed by atoms with E-state index >= 15 is 0 Å². The molecule has 20 heavy (non-hydrogen) atoms. The monoisotopic (exact) mass is 334 g/mol. The summed E-state index contributed by atoms with van der Waals surface area (Å²) in [5, 5.41) is 2.78. The first-order valence-electron chi connectivity index (χ1n) is 6.31. The molecule has 2 aromatic rings. The Hall–Kier alpha value is -1.75. The Labute approximate surface area is 124 Å². The molecule has 0 aliphatic heterocycles. The highest BCUT2D eigenvalue weighted by atomic mass is 79.9. The molecular weight excluding hydrogens is 323 g/mol. The molecule has 1 N–H and O–H groups in total. The molecule has 0 spiro atoms. The lowest BCUT2D eigenvalue weighted by Crippen LogP contribution is -2.15. The molecule has 1 saturated carbocycles. The molecule has 1 aliphatic rings. The summed E-state index contributed by atoms with van der Waals surface area (Å²) in [6.07, 6.45) is 2.39. The van der Waals surface area contributed by atoms with Crippen LogP contribution in [0.4, 0.5) is 10.2 Å². The van der Waals surface area contributed by atoms with Gasteiger partial charge < -0.3 is 5.32 Å². The first-order valence-corrected chi connectivity index (χ1v) is 7.10. The zero-order chi connectivity index (χ0) is 14.1. The van der Waals surface area contributed by atoms with Crippen molar-refractivity contribution >= 4 is 27.7 Å². The van der Waals surface area contributed by atoms with Crippen molar-refractivity contribution in [2.45, 2.75) is 12.3 Å². The van der Waals surface area contributed by atoms with Crippen LogP contribution in [-0.4, -0.2) is 10.9 Å². The van der Waals surface area contributed by atoms with Crippen molar-refractivity contribution in [1.29, 1.82) is 0 Å². The third-order valence-corrected chi connectivity index (χ3v) is 3.85. The van der Waals surface area contributed by atoms with E-state index in [9.17, 15) is 9.18 Å². The summed E-state index contributed by atoms with van der Waals surface area (Å²) < 4.78 is 14.0. The molecule has 0 unspecified atom stereocenters. The first kappa shape index (κ1) is 13.2. The van der Waals surface area contributed by atoms with Crippen LogP contribution in [0.3, 0.4) is 0 Å². The van der Waals surface area contributed by atoms with Gasteiger partial charge in [-0.2, -0.15) is 0 Å². The van der Waals surface area contributed by atoms with Gasteiger partial charge >= 0.3 is 0 Å². The van der Waals surface area contributed by atoms with Crippen LogP contribution in [0, 0.1) is 11.7 Å². The van der Waals surface area contributed by atoms with Gasteiger partial charge in [-0.15, -0.1) is 0 Å². The maximum absolute atomic E-state index is 13.2. The number of pyridine rings is 1. The molecule has 1 aromatic heterocycles. The largest absolute Gasteiger partial charge is 0.310 e. The van der Waals surface area contributed by atoms with E-state index in [1.165, 1.54) is 12.1 Å². The van der Waals surface area contributed by atoms with E-state index in [0.29, 0.717) is 5.82 Å². The van der Waals surface area contributed by atoms with E-state index in [2.05, 4.69) is 26.2 Å². The van der Waals surface area contributed by atoms with Crippen LogP contribution in [0.2, 0.25) is 0 Å². The molecule has 0 radical (unpaired) electrons. The number of halogens is 2. The number of carbonyl (C=O) groups is 1. The Morgan fingerprint density at radius 3 is 2.90 bits per heavy atom. The predicted molar refractivity (Wildman–Crippen MR) is 77.8 cm³/mol. The lowest BCUT2D eigenvalue weighted by Gasteiger charge is -2.04. The Morgan fingerprint density at radius 1 is 1.35 bits per heavy atom. The predicted octanol–water partition coefficient (Wildman–Crippen LogP) is 3.73. The van der Waals surface area contributed by atoms with Crippen molar-refractivity contribution in [2.24, 2.45) is 5.92 Å². The fraction of sp³-hybridized carbons (Fsp3) is 0.200. The number of carbonyl (C=O) groups excluding carboxylic acids is 1. The second kappa shape index (κ2) is 5.32. The van der Waals surface area contributed by atoms with Crippen LogP contribution in [0.25, 0.3) is 0 Å². The molecule has 3 rings (SSSR count). The number of hydrogen-bond donors (Lipinski definition) is 1. The number of benzene rings is 1. The minimum Gasteiger partial charge on any atom is -0.310 e. The molecule has 1 aromatic carbocycles. The number of aromatic nitrogens is 1. The Morgan fingerprint density at radius 2 is 2.20 bits per heavy atom.